The number of fused-ring (bicyclic) bond motifs is 1. The second-order valence-electron chi connectivity index (χ2n) is 5.64. The van der Waals surface area contributed by atoms with Crippen LogP contribution in [0.4, 0.5) is 11.5 Å². The molecule has 0 aliphatic carbocycles. The van der Waals surface area contributed by atoms with E-state index in [0.717, 1.165) is 38.6 Å². The molecule has 4 rings (SSSR count). The topological polar surface area (TPSA) is 47.0 Å². The van der Waals surface area contributed by atoms with Crippen LogP contribution in [0.25, 0.3) is 21.3 Å². The van der Waals surface area contributed by atoms with E-state index >= 15 is 0 Å². The summed E-state index contributed by atoms with van der Waals surface area (Å²) in [5.74, 6) is 1.65. The third-order valence-corrected chi connectivity index (χ3v) is 5.09. The first-order valence-electron chi connectivity index (χ1n) is 8.22. The zero-order valence-electron chi connectivity index (χ0n) is 14.5. The number of thiophene rings is 1. The normalized spacial score (nSPS) is 10.4. The van der Waals surface area contributed by atoms with Crippen LogP contribution < -0.4 is 10.1 Å². The summed E-state index contributed by atoms with van der Waals surface area (Å²) in [6.45, 7) is 2.63. The number of hydrogen-bond acceptors (Lipinski definition) is 5. The van der Waals surface area contributed by atoms with Crippen LogP contribution in [0.5, 0.6) is 5.75 Å². The third kappa shape index (κ3) is 4.16. The minimum absolute atomic E-state index is 0. The molecule has 0 saturated carbocycles. The van der Waals surface area contributed by atoms with Gasteiger partial charge in [0.1, 0.15) is 22.7 Å². The molecule has 0 amide bonds. The summed E-state index contributed by atoms with van der Waals surface area (Å²) in [5.41, 5.74) is 3.14. The summed E-state index contributed by atoms with van der Waals surface area (Å²) in [7, 11) is 0. The Labute approximate surface area is 172 Å². The van der Waals surface area contributed by atoms with Crippen molar-refractivity contribution in [2.24, 2.45) is 0 Å². The van der Waals surface area contributed by atoms with Gasteiger partial charge in [0.2, 0.25) is 0 Å². The summed E-state index contributed by atoms with van der Waals surface area (Å²) < 4.78 is 5.53. The highest BCUT2D eigenvalue weighted by Gasteiger charge is 2.13. The number of anilines is 2. The molecule has 2 heterocycles. The Morgan fingerprint density at radius 2 is 1.78 bits per heavy atom. The second kappa shape index (κ2) is 8.57. The zero-order chi connectivity index (χ0) is 17.9. The van der Waals surface area contributed by atoms with Crippen LogP contribution in [0.2, 0.25) is 5.02 Å². The van der Waals surface area contributed by atoms with Gasteiger partial charge in [-0.1, -0.05) is 23.7 Å². The number of rotatable bonds is 5. The van der Waals surface area contributed by atoms with E-state index in [1.54, 1.807) is 17.7 Å². The first-order chi connectivity index (χ1) is 12.7. The quantitative estimate of drug-likeness (QED) is 0.398. The lowest BCUT2D eigenvalue weighted by Gasteiger charge is -2.09. The van der Waals surface area contributed by atoms with Gasteiger partial charge in [-0.05, 0) is 48.9 Å². The van der Waals surface area contributed by atoms with E-state index in [0.29, 0.717) is 11.6 Å². The van der Waals surface area contributed by atoms with Crippen LogP contribution >= 0.6 is 35.3 Å². The number of aromatic nitrogens is 2. The number of nitrogens with one attached hydrogen (secondary N) is 1. The molecule has 2 aromatic heterocycles. The molecule has 0 saturated heterocycles. The van der Waals surface area contributed by atoms with E-state index in [4.69, 9.17) is 16.3 Å². The van der Waals surface area contributed by atoms with Crippen molar-refractivity contribution < 1.29 is 4.74 Å². The lowest BCUT2D eigenvalue weighted by Crippen LogP contribution is -1.95. The van der Waals surface area contributed by atoms with Crippen LogP contribution in [0.3, 0.4) is 0 Å². The molecule has 0 aliphatic heterocycles. The molecular weight excluding hydrogens is 401 g/mol. The summed E-state index contributed by atoms with van der Waals surface area (Å²) in [4.78, 5) is 9.81. The second-order valence-corrected chi connectivity index (χ2v) is 6.94. The minimum Gasteiger partial charge on any atom is -0.494 e. The number of halogens is 2. The van der Waals surface area contributed by atoms with Gasteiger partial charge >= 0.3 is 0 Å². The first-order valence-corrected chi connectivity index (χ1v) is 9.48. The van der Waals surface area contributed by atoms with Crippen molar-refractivity contribution in [3.63, 3.8) is 0 Å². The van der Waals surface area contributed by atoms with Crippen molar-refractivity contribution in [3.05, 3.63) is 65.3 Å². The average molecular weight is 418 g/mol. The molecule has 0 fully saturated rings. The van der Waals surface area contributed by atoms with E-state index in [1.165, 1.54) is 0 Å². The van der Waals surface area contributed by atoms with E-state index < -0.39 is 0 Å². The molecule has 138 valence electrons. The highest BCUT2D eigenvalue weighted by Crippen LogP contribution is 2.37. The molecule has 0 bridgehead atoms. The van der Waals surface area contributed by atoms with Crippen LogP contribution in [0, 0.1) is 0 Å². The predicted octanol–water partition coefficient (Wildman–Crippen LogP) is 6.58. The summed E-state index contributed by atoms with van der Waals surface area (Å²) in [6, 6.07) is 15.7. The van der Waals surface area contributed by atoms with Gasteiger partial charge in [0, 0.05) is 21.7 Å². The molecule has 7 heteroatoms. The van der Waals surface area contributed by atoms with Crippen LogP contribution in [-0.2, 0) is 0 Å². The molecule has 0 unspecified atom stereocenters. The minimum atomic E-state index is 0. The highest BCUT2D eigenvalue weighted by molar-refractivity contribution is 7.17. The Morgan fingerprint density at radius 3 is 2.48 bits per heavy atom. The standard InChI is InChI=1S/C20H16ClN3OS.ClH/c1-2-25-16-9-3-13(4-10-16)17-11-26-20-18(17)19(22-12-23-20)24-15-7-5-14(21)6-8-15;/h3-12H,2H2,1H3,(H,22,23,24);1H. The maximum Gasteiger partial charge on any atom is 0.143 e. The fourth-order valence-electron chi connectivity index (χ4n) is 2.75. The van der Waals surface area contributed by atoms with Crippen LogP contribution in [0.15, 0.2) is 60.2 Å². The summed E-state index contributed by atoms with van der Waals surface area (Å²) in [5, 5.41) is 7.20. The number of nitrogens with zero attached hydrogens (tertiary/aromatic N) is 2. The van der Waals surface area contributed by atoms with Crippen molar-refractivity contribution in [1.29, 1.82) is 0 Å². The summed E-state index contributed by atoms with van der Waals surface area (Å²) >= 11 is 7.58. The van der Waals surface area contributed by atoms with E-state index in [2.05, 4.69) is 32.8 Å². The largest absolute Gasteiger partial charge is 0.494 e. The monoisotopic (exact) mass is 417 g/mol. The van der Waals surface area contributed by atoms with Gasteiger partial charge in [-0.2, -0.15) is 0 Å². The number of ether oxygens (including phenoxy) is 1. The van der Waals surface area contributed by atoms with Crippen molar-refractivity contribution >= 4 is 57.1 Å². The molecular formula is C20H17Cl2N3OS. The van der Waals surface area contributed by atoms with Gasteiger partial charge in [0.05, 0.1) is 12.0 Å². The smallest absolute Gasteiger partial charge is 0.143 e. The van der Waals surface area contributed by atoms with Crippen molar-refractivity contribution in [2.45, 2.75) is 6.92 Å². The molecule has 0 spiro atoms. The molecule has 0 radical (unpaired) electrons. The Bertz CT molecular complexity index is 1030. The molecule has 4 nitrogen and oxygen atoms in total. The van der Waals surface area contributed by atoms with Gasteiger partial charge in [0.15, 0.2) is 0 Å². The lowest BCUT2D eigenvalue weighted by molar-refractivity contribution is 0.340. The Morgan fingerprint density at radius 1 is 1.04 bits per heavy atom. The van der Waals surface area contributed by atoms with Crippen molar-refractivity contribution in [2.75, 3.05) is 11.9 Å². The number of benzene rings is 2. The molecule has 1 N–H and O–H groups in total. The lowest BCUT2D eigenvalue weighted by atomic mass is 10.1. The fraction of sp³-hybridized carbons (Fsp3) is 0.100. The van der Waals surface area contributed by atoms with E-state index in [-0.39, 0.29) is 12.4 Å². The van der Waals surface area contributed by atoms with Gasteiger partial charge < -0.3 is 10.1 Å². The van der Waals surface area contributed by atoms with Gasteiger partial charge in [-0.15, -0.1) is 23.7 Å². The maximum atomic E-state index is 5.97. The SMILES string of the molecule is CCOc1ccc(-c2csc3ncnc(Nc4ccc(Cl)cc4)c23)cc1.Cl. The van der Waals surface area contributed by atoms with Gasteiger partial charge in [0.25, 0.3) is 0 Å². The zero-order valence-corrected chi connectivity index (χ0v) is 16.9. The Kier molecular flexibility index (Phi) is 6.16. The van der Waals surface area contributed by atoms with Gasteiger partial charge in [-0.3, -0.25) is 0 Å². The molecule has 0 aliphatic rings. The molecule has 2 aromatic carbocycles. The first kappa shape index (κ1) is 19.4. The van der Waals surface area contributed by atoms with E-state index in [9.17, 15) is 0 Å². The Hall–Kier alpha value is -2.34. The third-order valence-electron chi connectivity index (χ3n) is 3.95. The molecule has 0 atom stereocenters. The van der Waals surface area contributed by atoms with Crippen LogP contribution in [0.1, 0.15) is 6.92 Å². The van der Waals surface area contributed by atoms with Gasteiger partial charge in [-0.25, -0.2) is 9.97 Å². The maximum absolute atomic E-state index is 5.97. The highest BCUT2D eigenvalue weighted by atomic mass is 35.5. The summed E-state index contributed by atoms with van der Waals surface area (Å²) in [6.07, 6.45) is 1.58. The molecule has 4 aromatic rings. The average Bonchev–Trinajstić information content (AvgIpc) is 3.10. The van der Waals surface area contributed by atoms with Crippen LogP contribution in [-0.4, -0.2) is 16.6 Å². The van der Waals surface area contributed by atoms with Crippen molar-refractivity contribution in [1.82, 2.24) is 9.97 Å². The van der Waals surface area contributed by atoms with Crippen molar-refractivity contribution in [3.8, 4) is 16.9 Å². The fourth-order valence-corrected chi connectivity index (χ4v) is 3.79. The Balaban J connectivity index is 0.00000210. The van der Waals surface area contributed by atoms with E-state index in [1.807, 2.05) is 43.3 Å². The number of hydrogen-bond donors (Lipinski definition) is 1. The molecule has 27 heavy (non-hydrogen) atoms. The predicted molar refractivity (Wildman–Crippen MR) is 116 cm³/mol.